The molecule has 0 radical (unpaired) electrons. The molecule has 2 aliphatic rings. The van der Waals surface area contributed by atoms with Gasteiger partial charge in [0.25, 0.3) is 0 Å². The van der Waals surface area contributed by atoms with Crippen LogP contribution in [0.15, 0.2) is 0 Å². The summed E-state index contributed by atoms with van der Waals surface area (Å²) in [5.41, 5.74) is 0. The highest BCUT2D eigenvalue weighted by molar-refractivity contribution is 8.74. The Morgan fingerprint density at radius 1 is 0.625 bits per heavy atom. The van der Waals surface area contributed by atoms with E-state index >= 15 is 0 Å². The molecular formula is C22H44N2O6S2. The molecule has 2 saturated heterocycles. The number of hydrogen-bond donors (Lipinski definition) is 0. The van der Waals surface area contributed by atoms with Crippen LogP contribution in [-0.2, 0) is 28.4 Å². The van der Waals surface area contributed by atoms with Gasteiger partial charge in [0.15, 0.2) is 0 Å². The first-order valence-electron chi connectivity index (χ1n) is 12.2. The van der Waals surface area contributed by atoms with Crippen molar-refractivity contribution in [2.24, 2.45) is 0 Å². The van der Waals surface area contributed by atoms with E-state index in [1.54, 1.807) is 0 Å². The molecule has 0 aromatic rings. The van der Waals surface area contributed by atoms with Gasteiger partial charge in [0.1, 0.15) is 12.2 Å². The maximum absolute atomic E-state index is 5.76. The van der Waals surface area contributed by atoms with E-state index in [2.05, 4.69) is 22.5 Å². The molecule has 0 aliphatic carbocycles. The molecule has 8 nitrogen and oxygen atoms in total. The molecule has 10 heteroatoms. The lowest BCUT2D eigenvalue weighted by Gasteiger charge is -2.25. The summed E-state index contributed by atoms with van der Waals surface area (Å²) in [5.74, 6) is 0. The van der Waals surface area contributed by atoms with E-state index in [1.165, 1.54) is 25.7 Å². The lowest BCUT2D eigenvalue weighted by Crippen LogP contribution is -2.26. The molecule has 2 unspecified atom stereocenters. The smallest absolute Gasteiger partial charge is 0.104 e. The molecule has 2 heterocycles. The standard InChI is InChI=1S/C22H44N2O6S2/c1-3-5-7-23(9-11-25-13-15-27-17-21-19-29-21)31-32-24(8-6-4-2)10-12-26-14-16-28-18-22-20-30-22/h21-22H,3-20H2,1-2H3. The third-order valence-electron chi connectivity index (χ3n) is 4.89. The lowest BCUT2D eigenvalue weighted by molar-refractivity contribution is 0.0393. The number of nitrogens with zero attached hydrogens (tertiary/aromatic N) is 2. The van der Waals surface area contributed by atoms with Gasteiger partial charge in [-0.05, 0) is 12.8 Å². The first-order valence-corrected chi connectivity index (χ1v) is 14.3. The average Bonchev–Trinajstić information content (AvgIpc) is 3.72. The SMILES string of the molecule is CCCCN(CCOCCOCC1CO1)SSN(CCCC)CCOCCOCC1CO1. The first-order chi connectivity index (χ1) is 15.8. The molecule has 2 rings (SSSR count). The number of rotatable bonds is 25. The molecule has 32 heavy (non-hydrogen) atoms. The topological polar surface area (TPSA) is 68.5 Å². The Labute approximate surface area is 203 Å². The van der Waals surface area contributed by atoms with E-state index in [0.717, 1.165) is 52.6 Å². The van der Waals surface area contributed by atoms with Gasteiger partial charge >= 0.3 is 0 Å². The van der Waals surface area contributed by atoms with E-state index in [4.69, 9.17) is 28.4 Å². The largest absolute Gasteiger partial charge is 0.378 e. The fourth-order valence-electron chi connectivity index (χ4n) is 2.67. The predicted octanol–water partition coefficient (Wildman–Crippen LogP) is 3.27. The Kier molecular flexibility index (Phi) is 17.6. The highest BCUT2D eigenvalue weighted by atomic mass is 33.1. The minimum absolute atomic E-state index is 0.324. The minimum Gasteiger partial charge on any atom is -0.378 e. The fourth-order valence-corrected chi connectivity index (χ4v) is 5.02. The van der Waals surface area contributed by atoms with Crippen molar-refractivity contribution in [2.75, 3.05) is 92.2 Å². The van der Waals surface area contributed by atoms with Crippen molar-refractivity contribution in [3.8, 4) is 0 Å². The van der Waals surface area contributed by atoms with Crippen molar-refractivity contribution in [3.05, 3.63) is 0 Å². The molecule has 0 amide bonds. The van der Waals surface area contributed by atoms with Crippen LogP contribution in [0.2, 0.25) is 0 Å². The van der Waals surface area contributed by atoms with Crippen LogP contribution in [0.1, 0.15) is 39.5 Å². The highest BCUT2D eigenvalue weighted by Crippen LogP contribution is 2.30. The van der Waals surface area contributed by atoms with Gasteiger partial charge in [-0.3, -0.25) is 0 Å². The van der Waals surface area contributed by atoms with Crippen molar-refractivity contribution >= 4 is 22.0 Å². The van der Waals surface area contributed by atoms with E-state index in [9.17, 15) is 0 Å². The summed E-state index contributed by atoms with van der Waals surface area (Å²) in [4.78, 5) is 0. The molecule has 0 bridgehead atoms. The van der Waals surface area contributed by atoms with Gasteiger partial charge < -0.3 is 28.4 Å². The summed E-state index contributed by atoms with van der Waals surface area (Å²) < 4.78 is 37.7. The second-order valence-electron chi connectivity index (χ2n) is 8.00. The number of unbranched alkanes of at least 4 members (excludes halogenated alkanes) is 2. The van der Waals surface area contributed by atoms with Crippen LogP contribution in [0.4, 0.5) is 0 Å². The van der Waals surface area contributed by atoms with Crippen molar-refractivity contribution < 1.29 is 28.4 Å². The van der Waals surface area contributed by atoms with Crippen LogP contribution in [0.25, 0.3) is 0 Å². The molecule has 2 atom stereocenters. The van der Waals surface area contributed by atoms with E-state index in [-0.39, 0.29) is 0 Å². The molecule has 2 aliphatic heterocycles. The molecule has 0 spiro atoms. The van der Waals surface area contributed by atoms with Crippen molar-refractivity contribution in [2.45, 2.75) is 51.7 Å². The number of epoxide rings is 2. The third-order valence-corrected chi connectivity index (χ3v) is 7.58. The quantitative estimate of drug-likeness (QED) is 0.0814. The zero-order chi connectivity index (χ0) is 22.7. The molecule has 2 fully saturated rings. The fraction of sp³-hybridized carbons (Fsp3) is 1.00. The van der Waals surface area contributed by atoms with Gasteiger partial charge in [0.2, 0.25) is 0 Å². The molecule has 0 saturated carbocycles. The molecular weight excluding hydrogens is 452 g/mol. The van der Waals surface area contributed by atoms with Crippen LogP contribution >= 0.6 is 22.0 Å². The Bertz CT molecular complexity index is 395. The average molecular weight is 497 g/mol. The molecule has 0 aromatic heterocycles. The van der Waals surface area contributed by atoms with Gasteiger partial charge in [-0.1, -0.05) is 26.7 Å². The zero-order valence-electron chi connectivity index (χ0n) is 20.0. The maximum atomic E-state index is 5.76. The van der Waals surface area contributed by atoms with Gasteiger partial charge in [0, 0.05) is 48.1 Å². The monoisotopic (exact) mass is 496 g/mol. The normalized spacial score (nSPS) is 19.9. The van der Waals surface area contributed by atoms with E-state index in [1.807, 2.05) is 22.0 Å². The first kappa shape index (κ1) is 28.6. The Hall–Kier alpha value is 0.380. The van der Waals surface area contributed by atoms with Crippen LogP contribution < -0.4 is 0 Å². The number of hydrogen-bond acceptors (Lipinski definition) is 10. The summed E-state index contributed by atoms with van der Waals surface area (Å²) >= 11 is 0. The van der Waals surface area contributed by atoms with Gasteiger partial charge in [0.05, 0.1) is 66.1 Å². The summed E-state index contributed by atoms with van der Waals surface area (Å²) in [7, 11) is 3.67. The lowest BCUT2D eigenvalue weighted by atomic mass is 10.3. The predicted molar refractivity (Wildman–Crippen MR) is 131 cm³/mol. The maximum Gasteiger partial charge on any atom is 0.104 e. The Balaban J connectivity index is 1.53. The number of ether oxygens (including phenoxy) is 6. The second kappa shape index (κ2) is 19.7. The molecule has 0 aromatic carbocycles. The van der Waals surface area contributed by atoms with Crippen molar-refractivity contribution in [1.82, 2.24) is 8.61 Å². The van der Waals surface area contributed by atoms with Crippen molar-refractivity contribution in [3.63, 3.8) is 0 Å². The third kappa shape index (κ3) is 16.9. The molecule has 190 valence electrons. The Morgan fingerprint density at radius 3 is 1.41 bits per heavy atom. The van der Waals surface area contributed by atoms with Gasteiger partial charge in [-0.15, -0.1) is 0 Å². The van der Waals surface area contributed by atoms with Crippen molar-refractivity contribution in [1.29, 1.82) is 0 Å². The zero-order valence-corrected chi connectivity index (χ0v) is 21.7. The van der Waals surface area contributed by atoms with Crippen LogP contribution in [0.5, 0.6) is 0 Å². The molecule has 0 N–H and O–H groups in total. The van der Waals surface area contributed by atoms with Crippen LogP contribution in [0, 0.1) is 0 Å². The summed E-state index contributed by atoms with van der Waals surface area (Å²) in [6.07, 6.45) is 5.43. The van der Waals surface area contributed by atoms with E-state index in [0.29, 0.717) is 51.8 Å². The van der Waals surface area contributed by atoms with Crippen LogP contribution in [0.3, 0.4) is 0 Å². The summed E-state index contributed by atoms with van der Waals surface area (Å²) in [6, 6.07) is 0. The van der Waals surface area contributed by atoms with Gasteiger partial charge in [-0.2, -0.15) is 0 Å². The van der Waals surface area contributed by atoms with E-state index < -0.39 is 0 Å². The summed E-state index contributed by atoms with van der Waals surface area (Å²) in [6.45, 7) is 15.6. The Morgan fingerprint density at radius 2 is 1.03 bits per heavy atom. The van der Waals surface area contributed by atoms with Gasteiger partial charge in [-0.25, -0.2) is 8.61 Å². The summed E-state index contributed by atoms with van der Waals surface area (Å²) in [5, 5.41) is 0. The second-order valence-corrected chi connectivity index (χ2v) is 10.2. The highest BCUT2D eigenvalue weighted by Gasteiger charge is 2.22. The van der Waals surface area contributed by atoms with Crippen LogP contribution in [-0.4, -0.2) is 113 Å². The minimum atomic E-state index is 0.324.